The zero-order valence-electron chi connectivity index (χ0n) is 25.3. The third-order valence-corrected chi connectivity index (χ3v) is 6.51. The lowest BCUT2D eigenvalue weighted by Gasteiger charge is -2.07. The van der Waals surface area contributed by atoms with Crippen molar-refractivity contribution in [2.75, 3.05) is 13.1 Å². The monoisotopic (exact) mass is 596 g/mol. The van der Waals surface area contributed by atoms with Gasteiger partial charge in [0, 0.05) is 17.7 Å². The number of aromatic nitrogens is 8. The van der Waals surface area contributed by atoms with Crippen molar-refractivity contribution in [3.8, 4) is 22.8 Å². The van der Waals surface area contributed by atoms with Gasteiger partial charge >= 0.3 is 6.09 Å². The van der Waals surface area contributed by atoms with E-state index >= 15 is 0 Å². The van der Waals surface area contributed by atoms with E-state index in [-0.39, 0.29) is 6.61 Å². The standard InChI is InChI=1S/C20H23N5O2.C12H17N5/c1-2-14-25-23-19(22-24-25)18-10-8-16(9-11-18)12-13-21-20(26)27-15-17-6-4-3-5-7-17;1-2-9-17-15-12(14-16-17)11-5-3-10(4-6-11)7-8-13/h3-11H,2,12-15H2,1H3,(H,21,26);3-6H,2,7-9,13H2,1H3. The van der Waals surface area contributed by atoms with Gasteiger partial charge in [0.25, 0.3) is 0 Å². The van der Waals surface area contributed by atoms with E-state index in [4.69, 9.17) is 10.5 Å². The number of benzene rings is 3. The molecule has 5 aromatic rings. The van der Waals surface area contributed by atoms with Gasteiger partial charge in [-0.05, 0) is 59.3 Å². The molecule has 2 heterocycles. The maximum absolute atomic E-state index is 11.7. The molecule has 0 saturated heterocycles. The summed E-state index contributed by atoms with van der Waals surface area (Å²) in [6.07, 6.45) is 3.18. The predicted octanol–water partition coefficient (Wildman–Crippen LogP) is 4.47. The first-order chi connectivity index (χ1) is 21.6. The van der Waals surface area contributed by atoms with E-state index in [2.05, 4.69) is 62.1 Å². The summed E-state index contributed by atoms with van der Waals surface area (Å²) in [7, 11) is 0. The van der Waals surface area contributed by atoms with Gasteiger partial charge in [-0.1, -0.05) is 92.7 Å². The Morgan fingerprint density at radius 1 is 0.727 bits per heavy atom. The fourth-order valence-electron chi connectivity index (χ4n) is 4.20. The molecule has 0 radical (unpaired) electrons. The number of rotatable bonds is 13. The van der Waals surface area contributed by atoms with E-state index in [1.807, 2.05) is 66.7 Å². The van der Waals surface area contributed by atoms with Crippen molar-refractivity contribution in [3.63, 3.8) is 0 Å². The maximum Gasteiger partial charge on any atom is 0.407 e. The molecule has 3 aromatic carbocycles. The zero-order valence-corrected chi connectivity index (χ0v) is 25.3. The molecule has 44 heavy (non-hydrogen) atoms. The molecule has 0 saturated carbocycles. The summed E-state index contributed by atoms with van der Waals surface area (Å²) in [6.45, 7) is 7.18. The van der Waals surface area contributed by atoms with Gasteiger partial charge in [-0.3, -0.25) is 0 Å². The van der Waals surface area contributed by atoms with Crippen LogP contribution in [0.15, 0.2) is 78.9 Å². The number of ether oxygens (including phenoxy) is 1. The number of hydrogen-bond acceptors (Lipinski definition) is 9. The molecule has 0 aliphatic heterocycles. The molecule has 2 aromatic heterocycles. The van der Waals surface area contributed by atoms with E-state index in [0.29, 0.717) is 24.7 Å². The van der Waals surface area contributed by atoms with E-state index in [1.54, 1.807) is 9.59 Å². The topological polar surface area (TPSA) is 152 Å². The number of alkyl carbamates (subject to hydrolysis) is 1. The number of aryl methyl sites for hydroxylation is 2. The van der Waals surface area contributed by atoms with Crippen LogP contribution in [-0.4, -0.2) is 59.6 Å². The van der Waals surface area contributed by atoms with Crippen molar-refractivity contribution in [3.05, 3.63) is 95.6 Å². The van der Waals surface area contributed by atoms with Crippen LogP contribution in [0.3, 0.4) is 0 Å². The van der Waals surface area contributed by atoms with E-state index in [0.717, 1.165) is 61.0 Å². The SMILES string of the molecule is CCCn1nnc(-c2ccc(CCN)cc2)n1.CCCn1nnc(-c2ccc(CCNC(=O)OCc3ccccc3)cc2)n1. The molecule has 5 rings (SSSR count). The normalized spacial score (nSPS) is 10.6. The number of nitrogens with two attached hydrogens (primary N) is 1. The van der Waals surface area contributed by atoms with Gasteiger partial charge in [-0.25, -0.2) is 4.79 Å². The summed E-state index contributed by atoms with van der Waals surface area (Å²) in [4.78, 5) is 15.0. The lowest BCUT2D eigenvalue weighted by molar-refractivity contribution is 0.140. The number of nitrogens with one attached hydrogen (secondary N) is 1. The number of carbonyl (C=O) groups is 1. The zero-order chi connectivity index (χ0) is 31.0. The Kier molecular flexibility index (Phi) is 12.5. The van der Waals surface area contributed by atoms with Crippen LogP contribution >= 0.6 is 0 Å². The molecule has 0 aliphatic carbocycles. The van der Waals surface area contributed by atoms with Gasteiger partial charge in [-0.15, -0.1) is 20.4 Å². The summed E-state index contributed by atoms with van der Waals surface area (Å²) in [5.41, 5.74) is 10.7. The van der Waals surface area contributed by atoms with Gasteiger partial charge < -0.3 is 15.8 Å². The number of nitrogens with zero attached hydrogens (tertiary/aromatic N) is 8. The van der Waals surface area contributed by atoms with Gasteiger partial charge in [0.2, 0.25) is 11.6 Å². The Labute approximate surface area is 257 Å². The molecule has 0 unspecified atom stereocenters. The first kappa shape index (κ1) is 32.0. The highest BCUT2D eigenvalue weighted by Gasteiger charge is 2.07. The smallest absolute Gasteiger partial charge is 0.407 e. The highest BCUT2D eigenvalue weighted by Crippen LogP contribution is 2.16. The first-order valence-corrected chi connectivity index (χ1v) is 15.0. The summed E-state index contributed by atoms with van der Waals surface area (Å²) >= 11 is 0. The van der Waals surface area contributed by atoms with Crippen molar-refractivity contribution in [2.45, 2.75) is 59.2 Å². The van der Waals surface area contributed by atoms with E-state index in [1.165, 1.54) is 5.56 Å². The Bertz CT molecular complexity index is 1530. The molecule has 0 bridgehead atoms. The molecule has 230 valence electrons. The fourth-order valence-corrected chi connectivity index (χ4v) is 4.20. The summed E-state index contributed by atoms with van der Waals surface area (Å²) in [6, 6.07) is 25.7. The Hall–Kier alpha value is -4.97. The molecular weight excluding hydrogens is 556 g/mol. The lowest BCUT2D eigenvalue weighted by Crippen LogP contribution is -2.26. The fraction of sp³-hybridized carbons (Fsp3) is 0.344. The number of hydrogen-bond donors (Lipinski definition) is 2. The van der Waals surface area contributed by atoms with Gasteiger partial charge in [0.1, 0.15) is 6.61 Å². The third-order valence-electron chi connectivity index (χ3n) is 6.51. The van der Waals surface area contributed by atoms with Gasteiger partial charge in [-0.2, -0.15) is 9.59 Å². The summed E-state index contributed by atoms with van der Waals surface area (Å²) in [5, 5.41) is 27.6. The quantitative estimate of drug-likeness (QED) is 0.201. The van der Waals surface area contributed by atoms with Crippen LogP contribution in [0.5, 0.6) is 0 Å². The van der Waals surface area contributed by atoms with Gasteiger partial charge in [0.05, 0.1) is 13.1 Å². The molecule has 12 nitrogen and oxygen atoms in total. The van der Waals surface area contributed by atoms with Crippen LogP contribution in [0, 0.1) is 0 Å². The summed E-state index contributed by atoms with van der Waals surface area (Å²) in [5.74, 6) is 1.30. The van der Waals surface area contributed by atoms with E-state index < -0.39 is 6.09 Å². The van der Waals surface area contributed by atoms with Crippen molar-refractivity contribution in [1.82, 2.24) is 45.7 Å². The molecule has 0 spiro atoms. The first-order valence-electron chi connectivity index (χ1n) is 15.0. The van der Waals surface area contributed by atoms with Crippen LogP contribution in [0.25, 0.3) is 22.8 Å². The Morgan fingerprint density at radius 2 is 1.25 bits per heavy atom. The predicted molar refractivity (Wildman–Crippen MR) is 168 cm³/mol. The molecule has 0 atom stereocenters. The average molecular weight is 597 g/mol. The maximum atomic E-state index is 11.7. The number of tetrazole rings is 2. The second-order valence-electron chi connectivity index (χ2n) is 10.1. The minimum Gasteiger partial charge on any atom is -0.445 e. The molecule has 3 N–H and O–H groups in total. The molecule has 0 fully saturated rings. The van der Waals surface area contributed by atoms with Gasteiger partial charge in [0.15, 0.2) is 0 Å². The van der Waals surface area contributed by atoms with Crippen molar-refractivity contribution >= 4 is 6.09 Å². The summed E-state index contributed by atoms with van der Waals surface area (Å²) < 4.78 is 5.19. The highest BCUT2D eigenvalue weighted by atomic mass is 16.5. The van der Waals surface area contributed by atoms with Crippen LogP contribution < -0.4 is 11.1 Å². The second kappa shape index (κ2) is 17.2. The number of carbonyl (C=O) groups excluding carboxylic acids is 1. The van der Waals surface area contributed by atoms with Crippen LogP contribution in [-0.2, 0) is 37.3 Å². The highest BCUT2D eigenvalue weighted by molar-refractivity contribution is 5.67. The van der Waals surface area contributed by atoms with Crippen LogP contribution in [0.4, 0.5) is 4.79 Å². The third kappa shape index (κ3) is 10.1. The van der Waals surface area contributed by atoms with Crippen LogP contribution in [0.1, 0.15) is 43.4 Å². The molecule has 1 amide bonds. The minimum atomic E-state index is -0.410. The van der Waals surface area contributed by atoms with Crippen molar-refractivity contribution in [2.24, 2.45) is 5.73 Å². The Morgan fingerprint density at radius 3 is 1.75 bits per heavy atom. The van der Waals surface area contributed by atoms with Crippen molar-refractivity contribution in [1.29, 1.82) is 0 Å². The second-order valence-corrected chi connectivity index (χ2v) is 10.1. The van der Waals surface area contributed by atoms with E-state index in [9.17, 15) is 4.79 Å². The minimum absolute atomic E-state index is 0.271. The molecular formula is C32H40N10O2. The van der Waals surface area contributed by atoms with Crippen LogP contribution in [0.2, 0.25) is 0 Å². The Balaban J connectivity index is 0.000000223. The lowest BCUT2D eigenvalue weighted by atomic mass is 10.1. The largest absolute Gasteiger partial charge is 0.445 e. The number of amides is 1. The molecule has 12 heteroatoms. The van der Waals surface area contributed by atoms with Crippen molar-refractivity contribution < 1.29 is 9.53 Å². The molecule has 0 aliphatic rings. The average Bonchev–Trinajstić information content (AvgIpc) is 3.72.